The molecule has 1 heterocycles. The van der Waals surface area contributed by atoms with Gasteiger partial charge in [-0.3, -0.25) is 14.9 Å². The molecular weight excluding hydrogens is 294 g/mol. The van der Waals surface area contributed by atoms with Gasteiger partial charge in [-0.15, -0.1) is 0 Å². The molecule has 1 atom stereocenters. The molecule has 0 spiro atoms. The fraction of sp³-hybridized carbons (Fsp3) is 0.500. The number of piperidine rings is 1. The minimum Gasteiger partial charge on any atom is -0.338 e. The number of carbonyl (C=O) groups is 1. The highest BCUT2D eigenvalue weighted by Crippen LogP contribution is 2.27. The van der Waals surface area contributed by atoms with Crippen LogP contribution in [0.15, 0.2) is 18.2 Å². The van der Waals surface area contributed by atoms with Crippen molar-refractivity contribution in [2.75, 3.05) is 13.1 Å². The molecule has 1 unspecified atom stereocenters. The Morgan fingerprint density at radius 2 is 2.10 bits per heavy atom. The number of rotatable bonds is 3. The fourth-order valence-electron chi connectivity index (χ4n) is 2.64. The van der Waals surface area contributed by atoms with Crippen molar-refractivity contribution in [2.24, 2.45) is 11.7 Å². The van der Waals surface area contributed by atoms with Gasteiger partial charge < -0.3 is 10.6 Å². The molecule has 1 fully saturated rings. The van der Waals surface area contributed by atoms with E-state index in [0.717, 1.165) is 12.8 Å². The number of nitrogens with two attached hydrogens (primary N) is 1. The summed E-state index contributed by atoms with van der Waals surface area (Å²) in [6, 6.07) is 4.14. The largest absolute Gasteiger partial charge is 0.338 e. The SMILES string of the molecule is CC(N)C1CCN(C(=O)c2cc(Cl)ccc2[N+](=O)[O-])CC1. The average molecular weight is 312 g/mol. The van der Waals surface area contributed by atoms with Crippen molar-refractivity contribution in [3.05, 3.63) is 38.9 Å². The number of nitro benzene ring substituents is 1. The Morgan fingerprint density at radius 1 is 1.48 bits per heavy atom. The van der Waals surface area contributed by atoms with Gasteiger partial charge in [0.2, 0.25) is 0 Å². The fourth-order valence-corrected chi connectivity index (χ4v) is 2.81. The maximum atomic E-state index is 12.5. The van der Waals surface area contributed by atoms with Crippen molar-refractivity contribution in [1.82, 2.24) is 4.90 Å². The first kappa shape index (κ1) is 15.7. The second-order valence-corrected chi connectivity index (χ2v) is 5.84. The molecule has 114 valence electrons. The highest BCUT2D eigenvalue weighted by molar-refractivity contribution is 6.31. The first-order chi connectivity index (χ1) is 9.90. The lowest BCUT2D eigenvalue weighted by molar-refractivity contribution is -0.385. The van der Waals surface area contributed by atoms with Crippen LogP contribution in [0.5, 0.6) is 0 Å². The summed E-state index contributed by atoms with van der Waals surface area (Å²) in [4.78, 5) is 24.6. The van der Waals surface area contributed by atoms with Crippen molar-refractivity contribution >= 4 is 23.2 Å². The van der Waals surface area contributed by atoms with E-state index in [-0.39, 0.29) is 23.2 Å². The normalized spacial score (nSPS) is 17.6. The summed E-state index contributed by atoms with van der Waals surface area (Å²) in [5.74, 6) is 0.0516. The van der Waals surface area contributed by atoms with E-state index in [1.165, 1.54) is 18.2 Å². The molecule has 0 aromatic heterocycles. The molecule has 1 aliphatic rings. The van der Waals surface area contributed by atoms with E-state index in [9.17, 15) is 14.9 Å². The standard InChI is InChI=1S/C14H18ClN3O3/c1-9(16)10-4-6-17(7-5-10)14(19)12-8-11(15)2-3-13(12)18(20)21/h2-3,8-10H,4-7,16H2,1H3. The summed E-state index contributed by atoms with van der Waals surface area (Å²) < 4.78 is 0. The summed E-state index contributed by atoms with van der Waals surface area (Å²) in [5, 5.41) is 11.4. The number of halogens is 1. The third kappa shape index (κ3) is 3.51. The van der Waals surface area contributed by atoms with Crippen molar-refractivity contribution < 1.29 is 9.72 Å². The van der Waals surface area contributed by atoms with Crippen molar-refractivity contribution in [3.8, 4) is 0 Å². The molecule has 1 aromatic carbocycles. The lowest BCUT2D eigenvalue weighted by Crippen LogP contribution is -2.42. The molecule has 0 aliphatic carbocycles. The van der Waals surface area contributed by atoms with E-state index in [4.69, 9.17) is 17.3 Å². The van der Waals surface area contributed by atoms with Gasteiger partial charge in [0, 0.05) is 30.2 Å². The minimum atomic E-state index is -0.557. The van der Waals surface area contributed by atoms with Crippen LogP contribution in [0.25, 0.3) is 0 Å². The molecule has 1 saturated heterocycles. The van der Waals surface area contributed by atoms with Crippen LogP contribution >= 0.6 is 11.6 Å². The van der Waals surface area contributed by atoms with E-state index in [1.54, 1.807) is 4.90 Å². The average Bonchev–Trinajstić information content (AvgIpc) is 2.46. The molecule has 2 N–H and O–H groups in total. The summed E-state index contributed by atoms with van der Waals surface area (Å²) in [6.07, 6.45) is 1.63. The van der Waals surface area contributed by atoms with E-state index in [2.05, 4.69) is 0 Å². The molecule has 0 bridgehead atoms. The van der Waals surface area contributed by atoms with E-state index in [1.807, 2.05) is 6.92 Å². The molecule has 0 saturated carbocycles. The number of carbonyl (C=O) groups excluding carboxylic acids is 1. The number of nitrogens with zero attached hydrogens (tertiary/aromatic N) is 2. The Hall–Kier alpha value is -1.66. The Balaban J connectivity index is 2.18. The van der Waals surface area contributed by atoms with Gasteiger partial charge in [-0.05, 0) is 37.8 Å². The van der Waals surface area contributed by atoms with E-state index in [0.29, 0.717) is 24.0 Å². The lowest BCUT2D eigenvalue weighted by Gasteiger charge is -2.33. The molecule has 2 rings (SSSR count). The molecule has 1 aliphatic heterocycles. The highest BCUT2D eigenvalue weighted by Gasteiger charge is 2.29. The van der Waals surface area contributed by atoms with E-state index < -0.39 is 4.92 Å². The third-order valence-electron chi connectivity index (χ3n) is 3.96. The van der Waals surface area contributed by atoms with Gasteiger partial charge in [0.15, 0.2) is 0 Å². The molecule has 1 amide bonds. The van der Waals surface area contributed by atoms with Gasteiger partial charge in [0.25, 0.3) is 11.6 Å². The van der Waals surface area contributed by atoms with Gasteiger partial charge in [-0.25, -0.2) is 0 Å². The lowest BCUT2D eigenvalue weighted by atomic mass is 9.90. The predicted molar refractivity (Wildman–Crippen MR) is 80.4 cm³/mol. The van der Waals surface area contributed by atoms with Crippen LogP contribution < -0.4 is 5.73 Å². The highest BCUT2D eigenvalue weighted by atomic mass is 35.5. The Morgan fingerprint density at radius 3 is 2.62 bits per heavy atom. The van der Waals surface area contributed by atoms with Crippen LogP contribution in [0, 0.1) is 16.0 Å². The van der Waals surface area contributed by atoms with Gasteiger partial charge in [0.05, 0.1) is 4.92 Å². The third-order valence-corrected chi connectivity index (χ3v) is 4.19. The summed E-state index contributed by atoms with van der Waals surface area (Å²) >= 11 is 5.86. The number of likely N-dealkylation sites (tertiary alicyclic amines) is 1. The maximum Gasteiger partial charge on any atom is 0.282 e. The molecule has 7 heteroatoms. The van der Waals surface area contributed by atoms with Crippen LogP contribution in [0.1, 0.15) is 30.1 Å². The smallest absolute Gasteiger partial charge is 0.282 e. The number of hydrogen-bond acceptors (Lipinski definition) is 4. The van der Waals surface area contributed by atoms with Crippen molar-refractivity contribution in [3.63, 3.8) is 0 Å². The Bertz CT molecular complexity index is 554. The molecule has 21 heavy (non-hydrogen) atoms. The summed E-state index contributed by atoms with van der Waals surface area (Å²) in [6.45, 7) is 3.09. The minimum absolute atomic E-state index is 0.0479. The molecule has 6 nitrogen and oxygen atoms in total. The summed E-state index contributed by atoms with van der Waals surface area (Å²) in [7, 11) is 0. The van der Waals surface area contributed by atoms with E-state index >= 15 is 0 Å². The van der Waals surface area contributed by atoms with Crippen molar-refractivity contribution in [1.29, 1.82) is 0 Å². The Kier molecular flexibility index (Phi) is 4.80. The van der Waals surface area contributed by atoms with Gasteiger partial charge in [0.1, 0.15) is 5.56 Å². The second-order valence-electron chi connectivity index (χ2n) is 5.41. The van der Waals surface area contributed by atoms with Gasteiger partial charge >= 0.3 is 0 Å². The first-order valence-electron chi connectivity index (χ1n) is 6.89. The number of hydrogen-bond donors (Lipinski definition) is 1. The zero-order valence-electron chi connectivity index (χ0n) is 11.8. The molecule has 1 aromatic rings. The van der Waals surface area contributed by atoms with Crippen LogP contribution in [0.3, 0.4) is 0 Å². The number of benzene rings is 1. The van der Waals surface area contributed by atoms with Crippen molar-refractivity contribution in [2.45, 2.75) is 25.8 Å². The van der Waals surface area contributed by atoms with Gasteiger partial charge in [-0.2, -0.15) is 0 Å². The topological polar surface area (TPSA) is 89.5 Å². The monoisotopic (exact) mass is 311 g/mol. The zero-order valence-corrected chi connectivity index (χ0v) is 12.5. The van der Waals surface area contributed by atoms with Crippen LogP contribution in [0.2, 0.25) is 5.02 Å². The molecule has 0 radical (unpaired) electrons. The first-order valence-corrected chi connectivity index (χ1v) is 7.26. The zero-order chi connectivity index (χ0) is 15.6. The quantitative estimate of drug-likeness (QED) is 0.686. The maximum absolute atomic E-state index is 12.5. The number of nitro groups is 1. The van der Waals surface area contributed by atoms with Gasteiger partial charge in [-0.1, -0.05) is 11.6 Å². The summed E-state index contributed by atoms with van der Waals surface area (Å²) in [5.41, 5.74) is 5.71. The molecular formula is C14H18ClN3O3. The van der Waals surface area contributed by atoms with Crippen LogP contribution in [-0.2, 0) is 0 Å². The van der Waals surface area contributed by atoms with Crippen LogP contribution in [0.4, 0.5) is 5.69 Å². The second kappa shape index (κ2) is 6.41. The predicted octanol–water partition coefficient (Wildman–Crippen LogP) is 2.45. The Labute approximate surface area is 128 Å². The van der Waals surface area contributed by atoms with Crippen LogP contribution in [-0.4, -0.2) is 34.9 Å². The number of amides is 1.